The molecular formula is C20H22N6O3. The van der Waals surface area contributed by atoms with E-state index in [9.17, 15) is 4.79 Å². The number of rotatable bonds is 5. The van der Waals surface area contributed by atoms with Crippen molar-refractivity contribution < 1.29 is 14.1 Å². The molecular weight excluding hydrogens is 372 g/mol. The van der Waals surface area contributed by atoms with Crippen LogP contribution in [0.2, 0.25) is 0 Å². The minimum atomic E-state index is 0.134. The first-order valence-electron chi connectivity index (χ1n) is 9.84. The lowest BCUT2D eigenvalue weighted by Crippen LogP contribution is -2.29. The number of fused-ring (bicyclic) bond motifs is 3. The molecule has 0 spiro atoms. The van der Waals surface area contributed by atoms with E-state index in [1.54, 1.807) is 18.5 Å². The number of methoxy groups -OCH3 is 1. The number of amides is 1. The highest BCUT2D eigenvalue weighted by molar-refractivity contribution is 5.76. The van der Waals surface area contributed by atoms with E-state index in [0.717, 1.165) is 36.6 Å². The zero-order valence-corrected chi connectivity index (χ0v) is 16.2. The minimum absolute atomic E-state index is 0.134. The van der Waals surface area contributed by atoms with Crippen molar-refractivity contribution in [3.63, 3.8) is 0 Å². The van der Waals surface area contributed by atoms with Crippen LogP contribution in [0.15, 0.2) is 35.1 Å². The summed E-state index contributed by atoms with van der Waals surface area (Å²) in [6.45, 7) is 1.46. The van der Waals surface area contributed by atoms with E-state index in [0.29, 0.717) is 36.9 Å². The van der Waals surface area contributed by atoms with Crippen LogP contribution in [-0.2, 0) is 17.6 Å². The van der Waals surface area contributed by atoms with Gasteiger partial charge in [0.05, 0.1) is 13.2 Å². The molecule has 0 N–H and O–H groups in total. The number of likely N-dealkylation sites (tertiary alicyclic amines) is 1. The van der Waals surface area contributed by atoms with Crippen molar-refractivity contribution in [2.75, 3.05) is 20.2 Å². The summed E-state index contributed by atoms with van der Waals surface area (Å²) < 4.78 is 12.4. The van der Waals surface area contributed by atoms with E-state index >= 15 is 0 Å². The van der Waals surface area contributed by atoms with Gasteiger partial charge in [-0.3, -0.25) is 9.78 Å². The Kier molecular flexibility index (Phi) is 4.49. The quantitative estimate of drug-likeness (QED) is 0.652. The number of aromatic nitrogens is 5. The fraction of sp³-hybridized carbons (Fsp3) is 0.450. The molecule has 1 amide bonds. The summed E-state index contributed by atoms with van der Waals surface area (Å²) in [6, 6.07) is 5.84. The fourth-order valence-electron chi connectivity index (χ4n) is 4.39. The molecule has 5 rings (SSSR count). The normalized spacial score (nSPS) is 20.4. The third-order valence-corrected chi connectivity index (χ3v) is 5.87. The number of hydrogen-bond acceptors (Lipinski definition) is 7. The fourth-order valence-corrected chi connectivity index (χ4v) is 4.39. The van der Waals surface area contributed by atoms with Crippen molar-refractivity contribution in [2.24, 2.45) is 5.92 Å². The zero-order valence-electron chi connectivity index (χ0n) is 16.2. The first-order valence-corrected chi connectivity index (χ1v) is 9.84. The Bertz CT molecular complexity index is 1010. The molecule has 3 aromatic heterocycles. The molecule has 0 unspecified atom stereocenters. The van der Waals surface area contributed by atoms with Gasteiger partial charge < -0.3 is 18.7 Å². The Hall–Kier alpha value is -3.23. The first kappa shape index (κ1) is 17.8. The molecule has 0 aliphatic carbocycles. The largest absolute Gasteiger partial charge is 0.479 e. The molecule has 9 nitrogen and oxygen atoms in total. The van der Waals surface area contributed by atoms with Gasteiger partial charge in [0.1, 0.15) is 11.6 Å². The van der Waals surface area contributed by atoms with Crippen LogP contribution in [0.4, 0.5) is 0 Å². The van der Waals surface area contributed by atoms with Crippen LogP contribution in [0.5, 0.6) is 5.88 Å². The lowest BCUT2D eigenvalue weighted by atomic mass is 9.93. The van der Waals surface area contributed by atoms with Gasteiger partial charge in [-0.2, -0.15) is 0 Å². The highest BCUT2D eigenvalue weighted by Crippen LogP contribution is 2.39. The standard InChI is InChI=1S/C20H22N6O3/c1-28-18-10-15(29-24-18)3-5-19(27)25-11-14-2-4-17-22-23-20(26(17)16(14)12-25)13-6-8-21-9-7-13/h6-10,14,16H,2-5,11-12H2,1H3/t14-,16+/m1/s1. The number of aryl methyl sites for hydroxylation is 2. The number of carbonyl (C=O) groups excluding carboxylic acids is 1. The monoisotopic (exact) mass is 394 g/mol. The molecule has 2 atom stereocenters. The van der Waals surface area contributed by atoms with Gasteiger partial charge in [-0.05, 0) is 29.6 Å². The van der Waals surface area contributed by atoms with Crippen molar-refractivity contribution in [1.29, 1.82) is 0 Å². The second kappa shape index (κ2) is 7.31. The Morgan fingerprint density at radius 1 is 1.28 bits per heavy atom. The van der Waals surface area contributed by atoms with Gasteiger partial charge in [0.15, 0.2) is 5.82 Å². The Morgan fingerprint density at radius 2 is 2.14 bits per heavy atom. The Balaban J connectivity index is 1.31. The summed E-state index contributed by atoms with van der Waals surface area (Å²) in [4.78, 5) is 18.9. The molecule has 2 aliphatic heterocycles. The summed E-state index contributed by atoms with van der Waals surface area (Å²) in [5.41, 5.74) is 1.00. The molecule has 1 saturated heterocycles. The Morgan fingerprint density at radius 3 is 2.93 bits per heavy atom. The topological polar surface area (TPSA) is 99.2 Å². The van der Waals surface area contributed by atoms with Crippen LogP contribution in [0, 0.1) is 5.92 Å². The first-order chi connectivity index (χ1) is 14.2. The van der Waals surface area contributed by atoms with E-state index in [2.05, 4.69) is 24.9 Å². The van der Waals surface area contributed by atoms with Gasteiger partial charge in [0.2, 0.25) is 5.91 Å². The van der Waals surface area contributed by atoms with Crippen LogP contribution in [0.1, 0.15) is 30.5 Å². The summed E-state index contributed by atoms with van der Waals surface area (Å²) in [5.74, 6) is 3.51. The summed E-state index contributed by atoms with van der Waals surface area (Å²) in [7, 11) is 1.54. The third kappa shape index (κ3) is 3.26. The molecule has 3 aromatic rings. The van der Waals surface area contributed by atoms with E-state index in [-0.39, 0.29) is 11.9 Å². The van der Waals surface area contributed by atoms with Gasteiger partial charge in [-0.25, -0.2) is 0 Å². The van der Waals surface area contributed by atoms with E-state index in [1.807, 2.05) is 17.0 Å². The highest BCUT2D eigenvalue weighted by atomic mass is 16.5. The average molecular weight is 394 g/mol. The SMILES string of the molecule is COc1cc(CCC(=O)N2C[C@H]3CCc4nnc(-c5ccncc5)n4[C@H]3C2)on1. The third-order valence-electron chi connectivity index (χ3n) is 5.87. The van der Waals surface area contributed by atoms with E-state index < -0.39 is 0 Å². The molecule has 29 heavy (non-hydrogen) atoms. The number of pyridine rings is 1. The number of hydrogen-bond donors (Lipinski definition) is 0. The molecule has 0 aromatic carbocycles. The van der Waals surface area contributed by atoms with Crippen LogP contribution in [0.3, 0.4) is 0 Å². The van der Waals surface area contributed by atoms with Crippen molar-refractivity contribution in [2.45, 2.75) is 31.7 Å². The molecule has 0 radical (unpaired) electrons. The maximum atomic E-state index is 12.8. The van der Waals surface area contributed by atoms with Crippen LogP contribution in [-0.4, -0.2) is 55.9 Å². The maximum absolute atomic E-state index is 12.8. The van der Waals surface area contributed by atoms with Crippen molar-refractivity contribution >= 4 is 5.91 Å². The van der Waals surface area contributed by atoms with Crippen molar-refractivity contribution in [1.82, 2.24) is 29.8 Å². The number of ether oxygens (including phenoxy) is 1. The predicted octanol–water partition coefficient (Wildman–Crippen LogP) is 1.92. The van der Waals surface area contributed by atoms with Gasteiger partial charge in [0, 0.05) is 56.4 Å². The predicted molar refractivity (Wildman–Crippen MR) is 102 cm³/mol. The van der Waals surface area contributed by atoms with Crippen LogP contribution >= 0.6 is 0 Å². The van der Waals surface area contributed by atoms with Crippen LogP contribution in [0.25, 0.3) is 11.4 Å². The van der Waals surface area contributed by atoms with E-state index in [4.69, 9.17) is 9.26 Å². The summed E-state index contributed by atoms with van der Waals surface area (Å²) >= 11 is 0. The second-order valence-corrected chi connectivity index (χ2v) is 7.55. The summed E-state index contributed by atoms with van der Waals surface area (Å²) in [5, 5.41) is 12.6. The maximum Gasteiger partial charge on any atom is 0.254 e. The Labute approximate surface area is 167 Å². The van der Waals surface area contributed by atoms with E-state index in [1.165, 1.54) is 7.11 Å². The molecule has 2 aliphatic rings. The van der Waals surface area contributed by atoms with Crippen molar-refractivity contribution in [3.05, 3.63) is 42.2 Å². The van der Waals surface area contributed by atoms with Crippen molar-refractivity contribution in [3.8, 4) is 17.3 Å². The molecule has 9 heteroatoms. The minimum Gasteiger partial charge on any atom is -0.479 e. The molecule has 0 saturated carbocycles. The van der Waals surface area contributed by atoms with Gasteiger partial charge in [0.25, 0.3) is 5.88 Å². The highest BCUT2D eigenvalue weighted by Gasteiger charge is 2.41. The molecule has 1 fully saturated rings. The van der Waals surface area contributed by atoms with Gasteiger partial charge in [-0.1, -0.05) is 0 Å². The molecule has 150 valence electrons. The lowest BCUT2D eigenvalue weighted by molar-refractivity contribution is -0.130. The number of carbonyl (C=O) groups is 1. The molecule has 5 heterocycles. The zero-order chi connectivity index (χ0) is 19.8. The van der Waals surface area contributed by atoms with Gasteiger partial charge >= 0.3 is 0 Å². The summed E-state index contributed by atoms with van der Waals surface area (Å²) in [6.07, 6.45) is 6.35. The van der Waals surface area contributed by atoms with Gasteiger partial charge in [-0.15, -0.1) is 10.2 Å². The lowest BCUT2D eigenvalue weighted by Gasteiger charge is -2.27. The smallest absolute Gasteiger partial charge is 0.254 e. The second-order valence-electron chi connectivity index (χ2n) is 7.55. The average Bonchev–Trinajstić information content (AvgIpc) is 3.49. The van der Waals surface area contributed by atoms with Crippen LogP contribution < -0.4 is 4.74 Å². The number of nitrogens with zero attached hydrogens (tertiary/aromatic N) is 6. The molecule has 0 bridgehead atoms.